The lowest BCUT2D eigenvalue weighted by atomic mass is 10.2. The van der Waals surface area contributed by atoms with E-state index < -0.39 is 5.97 Å². The van der Waals surface area contributed by atoms with E-state index >= 15 is 0 Å². The van der Waals surface area contributed by atoms with Crippen LogP contribution in [-0.2, 0) is 4.74 Å². The number of nitrogens with zero attached hydrogens (tertiary/aromatic N) is 1. The van der Waals surface area contributed by atoms with E-state index in [1.165, 1.54) is 0 Å². The quantitative estimate of drug-likeness (QED) is 0.623. The van der Waals surface area contributed by atoms with Crippen LogP contribution < -0.4 is 0 Å². The van der Waals surface area contributed by atoms with Gasteiger partial charge in [0.15, 0.2) is 5.69 Å². The molecule has 1 heterocycles. The Morgan fingerprint density at radius 1 is 1.38 bits per heavy atom. The molecule has 4 nitrogen and oxygen atoms in total. The number of carbonyl (C=O) groups is 1. The molecular weight excluding hydrogens is 206 g/mol. The summed E-state index contributed by atoms with van der Waals surface area (Å²) in [6, 6.07) is 8.82. The summed E-state index contributed by atoms with van der Waals surface area (Å²) in [4.78, 5) is 11.6. The van der Waals surface area contributed by atoms with E-state index in [4.69, 9.17) is 4.74 Å². The molecule has 2 aromatic rings. The fraction of sp³-hybridized carbons (Fsp3) is 0.250. The maximum atomic E-state index is 11.6. The van der Waals surface area contributed by atoms with Crippen LogP contribution in [0.5, 0.6) is 0 Å². The molecule has 0 aliphatic rings. The number of fused-ring (bicyclic) bond motifs is 1. The number of ether oxygens (including phenoxy) is 1. The zero-order chi connectivity index (χ0) is 11.7. The summed E-state index contributed by atoms with van der Waals surface area (Å²) in [5, 5.41) is 10.6. The third kappa shape index (κ3) is 1.74. The first-order chi connectivity index (χ1) is 7.59. The zero-order valence-corrected chi connectivity index (χ0v) is 9.18. The standard InChI is InChI=1S/C12H13NO3/c1-8(2)16-12(14)11-7-9-5-3-4-6-10(9)13(11)15/h3-8,15H,1-2H3. The van der Waals surface area contributed by atoms with E-state index in [-0.39, 0.29) is 11.8 Å². The SMILES string of the molecule is CC(C)OC(=O)c1cc2ccccc2n1O. The highest BCUT2D eigenvalue weighted by Gasteiger charge is 2.17. The molecule has 16 heavy (non-hydrogen) atoms. The molecule has 0 fully saturated rings. The molecule has 4 heteroatoms. The van der Waals surface area contributed by atoms with Gasteiger partial charge in [-0.2, -0.15) is 4.73 Å². The van der Waals surface area contributed by atoms with E-state index in [0.717, 1.165) is 10.1 Å². The molecule has 0 saturated carbocycles. The van der Waals surface area contributed by atoms with Crippen molar-refractivity contribution in [1.29, 1.82) is 0 Å². The van der Waals surface area contributed by atoms with Gasteiger partial charge >= 0.3 is 5.97 Å². The summed E-state index contributed by atoms with van der Waals surface area (Å²) in [5.41, 5.74) is 0.744. The fourth-order valence-electron chi connectivity index (χ4n) is 1.56. The summed E-state index contributed by atoms with van der Waals surface area (Å²) < 4.78 is 5.89. The average molecular weight is 219 g/mol. The topological polar surface area (TPSA) is 51.5 Å². The Bertz CT molecular complexity index is 528. The van der Waals surface area contributed by atoms with Gasteiger partial charge in [0.25, 0.3) is 0 Å². The van der Waals surface area contributed by atoms with Crippen molar-refractivity contribution in [2.75, 3.05) is 0 Å². The molecule has 84 valence electrons. The van der Waals surface area contributed by atoms with E-state index in [9.17, 15) is 10.0 Å². The fourth-order valence-corrected chi connectivity index (χ4v) is 1.56. The Labute approximate surface area is 93.0 Å². The molecule has 0 spiro atoms. The molecular formula is C12H13NO3. The van der Waals surface area contributed by atoms with Crippen LogP contribution in [0.4, 0.5) is 0 Å². The number of carbonyl (C=O) groups excluding carboxylic acids is 1. The van der Waals surface area contributed by atoms with Gasteiger partial charge in [-0.1, -0.05) is 18.2 Å². The van der Waals surface area contributed by atoms with Crippen LogP contribution in [0.15, 0.2) is 30.3 Å². The van der Waals surface area contributed by atoms with Crippen molar-refractivity contribution in [2.24, 2.45) is 0 Å². The van der Waals surface area contributed by atoms with Crippen LogP contribution >= 0.6 is 0 Å². The predicted molar refractivity (Wildman–Crippen MR) is 59.7 cm³/mol. The monoisotopic (exact) mass is 219 g/mol. The van der Waals surface area contributed by atoms with E-state index in [2.05, 4.69) is 0 Å². The molecule has 1 N–H and O–H groups in total. The molecule has 0 aliphatic carbocycles. The van der Waals surface area contributed by atoms with Crippen LogP contribution in [-0.4, -0.2) is 22.0 Å². The molecule has 0 bridgehead atoms. The first-order valence-corrected chi connectivity index (χ1v) is 5.10. The van der Waals surface area contributed by atoms with Gasteiger partial charge in [-0.05, 0) is 26.0 Å². The number of para-hydroxylation sites is 1. The zero-order valence-electron chi connectivity index (χ0n) is 9.18. The lowest BCUT2D eigenvalue weighted by molar-refractivity contribution is 0.0334. The van der Waals surface area contributed by atoms with Crippen molar-refractivity contribution in [3.8, 4) is 0 Å². The van der Waals surface area contributed by atoms with Crippen molar-refractivity contribution in [1.82, 2.24) is 4.73 Å². The van der Waals surface area contributed by atoms with Gasteiger partial charge < -0.3 is 9.94 Å². The van der Waals surface area contributed by atoms with Crippen LogP contribution in [0.3, 0.4) is 0 Å². The first-order valence-electron chi connectivity index (χ1n) is 5.10. The van der Waals surface area contributed by atoms with Gasteiger partial charge in [-0.25, -0.2) is 4.79 Å². The highest BCUT2D eigenvalue weighted by atomic mass is 16.5. The predicted octanol–water partition coefficient (Wildman–Crippen LogP) is 2.44. The number of hydrogen-bond acceptors (Lipinski definition) is 3. The molecule has 0 radical (unpaired) electrons. The molecule has 1 aromatic carbocycles. The van der Waals surface area contributed by atoms with E-state index in [0.29, 0.717) is 5.52 Å². The van der Waals surface area contributed by atoms with Gasteiger partial charge in [-0.3, -0.25) is 0 Å². The summed E-state index contributed by atoms with van der Waals surface area (Å²) in [6.07, 6.45) is -0.203. The van der Waals surface area contributed by atoms with Crippen molar-refractivity contribution in [2.45, 2.75) is 20.0 Å². The highest BCUT2D eigenvalue weighted by molar-refractivity contribution is 5.95. The minimum absolute atomic E-state index is 0.148. The minimum atomic E-state index is -0.520. The molecule has 1 aromatic heterocycles. The molecule has 0 saturated heterocycles. The van der Waals surface area contributed by atoms with E-state index in [1.54, 1.807) is 32.0 Å². The summed E-state index contributed by atoms with van der Waals surface area (Å²) in [7, 11) is 0. The number of rotatable bonds is 2. The van der Waals surface area contributed by atoms with E-state index in [1.807, 2.05) is 12.1 Å². The molecule has 0 atom stereocenters. The van der Waals surface area contributed by atoms with Crippen LogP contribution in [0.1, 0.15) is 24.3 Å². The molecule has 2 rings (SSSR count). The van der Waals surface area contributed by atoms with Crippen LogP contribution in [0.2, 0.25) is 0 Å². The van der Waals surface area contributed by atoms with Gasteiger partial charge in [0.1, 0.15) is 0 Å². The van der Waals surface area contributed by atoms with Crippen molar-refractivity contribution < 1.29 is 14.7 Å². The van der Waals surface area contributed by atoms with Crippen LogP contribution in [0, 0.1) is 0 Å². The highest BCUT2D eigenvalue weighted by Crippen LogP contribution is 2.18. The number of aromatic nitrogens is 1. The Balaban J connectivity index is 2.45. The second kappa shape index (κ2) is 3.89. The van der Waals surface area contributed by atoms with Gasteiger partial charge in [0.05, 0.1) is 11.6 Å². The molecule has 0 aliphatic heterocycles. The summed E-state index contributed by atoms with van der Waals surface area (Å²) in [6.45, 7) is 3.53. The Hall–Kier alpha value is -1.97. The Morgan fingerprint density at radius 2 is 2.06 bits per heavy atom. The smallest absolute Gasteiger partial charge is 0.358 e. The van der Waals surface area contributed by atoms with Gasteiger partial charge in [0, 0.05) is 5.39 Å². The minimum Gasteiger partial charge on any atom is -0.458 e. The first kappa shape index (κ1) is 10.5. The molecule has 0 amide bonds. The van der Waals surface area contributed by atoms with Gasteiger partial charge in [0.2, 0.25) is 0 Å². The third-order valence-corrected chi connectivity index (χ3v) is 2.24. The van der Waals surface area contributed by atoms with Crippen LogP contribution in [0.25, 0.3) is 10.9 Å². The second-order valence-electron chi connectivity index (χ2n) is 3.85. The lowest BCUT2D eigenvalue weighted by Crippen LogP contribution is -2.14. The normalized spacial score (nSPS) is 10.9. The van der Waals surface area contributed by atoms with Crippen molar-refractivity contribution in [3.05, 3.63) is 36.0 Å². The maximum Gasteiger partial charge on any atom is 0.358 e. The van der Waals surface area contributed by atoms with Crippen molar-refractivity contribution in [3.63, 3.8) is 0 Å². The average Bonchev–Trinajstić information content (AvgIpc) is 2.56. The van der Waals surface area contributed by atoms with Gasteiger partial charge in [-0.15, -0.1) is 0 Å². The lowest BCUT2D eigenvalue weighted by Gasteiger charge is -2.07. The number of esters is 1. The third-order valence-electron chi connectivity index (χ3n) is 2.24. The molecule has 0 unspecified atom stereocenters. The summed E-state index contributed by atoms with van der Waals surface area (Å²) >= 11 is 0. The number of hydrogen-bond donors (Lipinski definition) is 1. The number of benzene rings is 1. The Kier molecular flexibility index (Phi) is 2.56. The summed E-state index contributed by atoms with van der Waals surface area (Å²) in [5.74, 6) is -0.520. The second-order valence-corrected chi connectivity index (χ2v) is 3.85. The Morgan fingerprint density at radius 3 is 2.69 bits per heavy atom. The van der Waals surface area contributed by atoms with Crippen molar-refractivity contribution >= 4 is 16.9 Å². The largest absolute Gasteiger partial charge is 0.458 e. The maximum absolute atomic E-state index is 11.6.